The lowest BCUT2D eigenvalue weighted by molar-refractivity contribution is 0.0694. The Morgan fingerprint density at radius 1 is 1.42 bits per heavy atom. The van der Waals surface area contributed by atoms with Crippen molar-refractivity contribution in [1.29, 1.82) is 0 Å². The average Bonchev–Trinajstić information content (AvgIpc) is 2.38. The topological polar surface area (TPSA) is 68.5 Å². The lowest BCUT2D eigenvalue weighted by atomic mass is 10.1. The molecule has 100 valence electrons. The van der Waals surface area contributed by atoms with Crippen LogP contribution >= 0.6 is 0 Å². The first-order chi connectivity index (χ1) is 9.02. The van der Waals surface area contributed by atoms with Gasteiger partial charge in [0, 0.05) is 12.2 Å². The van der Waals surface area contributed by atoms with Gasteiger partial charge in [-0.3, -0.25) is 4.79 Å². The summed E-state index contributed by atoms with van der Waals surface area (Å²) < 4.78 is 7.06. The Labute approximate surface area is 110 Å². The quantitative estimate of drug-likeness (QED) is 0.918. The summed E-state index contributed by atoms with van der Waals surface area (Å²) >= 11 is 0. The fourth-order valence-electron chi connectivity index (χ4n) is 2.40. The van der Waals surface area contributed by atoms with Gasteiger partial charge in [0.05, 0.1) is 18.0 Å². The number of carboxylic acids is 1. The summed E-state index contributed by atoms with van der Waals surface area (Å²) in [4.78, 5) is 23.5. The van der Waals surface area contributed by atoms with Crippen LogP contribution in [0.25, 0.3) is 10.9 Å². The number of hydrogen-bond acceptors (Lipinski definition) is 3. The number of ether oxygens (including phenoxy) is 1. The van der Waals surface area contributed by atoms with Crippen LogP contribution in [0.15, 0.2) is 23.0 Å². The maximum atomic E-state index is 12.3. The van der Waals surface area contributed by atoms with Crippen LogP contribution in [0.1, 0.15) is 23.0 Å². The number of benzene rings is 1. The Kier molecular flexibility index (Phi) is 3.29. The number of carbonyl (C=O) groups is 1. The highest BCUT2D eigenvalue weighted by molar-refractivity contribution is 5.95. The molecule has 0 atom stereocenters. The van der Waals surface area contributed by atoms with Crippen molar-refractivity contribution in [3.05, 3.63) is 39.7 Å². The van der Waals surface area contributed by atoms with Crippen molar-refractivity contribution in [2.24, 2.45) is 0 Å². The highest BCUT2D eigenvalue weighted by Gasteiger charge is 2.20. The van der Waals surface area contributed by atoms with Crippen molar-refractivity contribution in [3.63, 3.8) is 0 Å². The number of hydrogen-bond donors (Lipinski definition) is 1. The molecule has 0 bridgehead atoms. The molecule has 0 saturated carbocycles. The Morgan fingerprint density at radius 2 is 2.11 bits per heavy atom. The van der Waals surface area contributed by atoms with Crippen LogP contribution in [0.4, 0.5) is 0 Å². The van der Waals surface area contributed by atoms with Gasteiger partial charge in [-0.25, -0.2) is 4.79 Å². The third-order valence-electron chi connectivity index (χ3n) is 3.26. The molecule has 0 unspecified atom stereocenters. The molecule has 2 aromatic rings. The maximum absolute atomic E-state index is 12.3. The molecule has 0 aliphatic carbocycles. The van der Waals surface area contributed by atoms with Gasteiger partial charge in [-0.1, -0.05) is 6.07 Å². The largest absolute Gasteiger partial charge is 0.495 e. The second-order valence-corrected chi connectivity index (χ2v) is 4.20. The van der Waals surface area contributed by atoms with Crippen molar-refractivity contribution in [3.8, 4) is 5.75 Å². The van der Waals surface area contributed by atoms with Crippen LogP contribution < -0.4 is 10.2 Å². The number of para-hydroxylation sites is 1. The second kappa shape index (κ2) is 4.76. The zero-order chi connectivity index (χ0) is 14.2. The van der Waals surface area contributed by atoms with Gasteiger partial charge in [0.2, 0.25) is 5.43 Å². The van der Waals surface area contributed by atoms with Gasteiger partial charge in [-0.15, -0.1) is 0 Å². The summed E-state index contributed by atoms with van der Waals surface area (Å²) in [6, 6.07) is 5.07. The second-order valence-electron chi connectivity index (χ2n) is 4.20. The lowest BCUT2D eigenvalue weighted by Gasteiger charge is -2.17. The van der Waals surface area contributed by atoms with E-state index in [1.165, 1.54) is 7.11 Å². The molecule has 1 heterocycles. The SMILES string of the molecule is CCn1c(C)c(C(=O)O)c(=O)c2cccc(OC)c21. The number of fused-ring (bicyclic) bond motifs is 1. The molecule has 0 radical (unpaired) electrons. The monoisotopic (exact) mass is 261 g/mol. The molecule has 5 nitrogen and oxygen atoms in total. The number of pyridine rings is 1. The van der Waals surface area contributed by atoms with E-state index in [1.807, 2.05) is 6.92 Å². The Balaban J connectivity index is 3.09. The lowest BCUT2D eigenvalue weighted by Crippen LogP contribution is -2.22. The van der Waals surface area contributed by atoms with E-state index in [2.05, 4.69) is 0 Å². The predicted octanol–water partition coefficient (Wildman–Crippen LogP) is 2.04. The number of aromatic carboxylic acids is 1. The number of aryl methyl sites for hydroxylation is 1. The molecule has 1 N–H and O–H groups in total. The van der Waals surface area contributed by atoms with Crippen molar-refractivity contribution in [2.75, 3.05) is 7.11 Å². The summed E-state index contributed by atoms with van der Waals surface area (Å²) in [5.74, 6) is -0.633. The highest BCUT2D eigenvalue weighted by Crippen LogP contribution is 2.25. The molecule has 1 aromatic carbocycles. The van der Waals surface area contributed by atoms with Crippen LogP contribution in [0, 0.1) is 6.92 Å². The summed E-state index contributed by atoms with van der Waals surface area (Å²) in [5, 5.41) is 9.57. The Morgan fingerprint density at radius 3 is 2.63 bits per heavy atom. The van der Waals surface area contributed by atoms with Gasteiger partial charge >= 0.3 is 5.97 Å². The van der Waals surface area contributed by atoms with E-state index in [-0.39, 0.29) is 5.56 Å². The maximum Gasteiger partial charge on any atom is 0.341 e. The predicted molar refractivity (Wildman–Crippen MR) is 72.1 cm³/mol. The minimum Gasteiger partial charge on any atom is -0.495 e. The molecule has 0 fully saturated rings. The van der Waals surface area contributed by atoms with Gasteiger partial charge in [0.15, 0.2) is 0 Å². The standard InChI is InChI=1S/C14H15NO4/c1-4-15-8(2)11(14(17)18)13(16)9-6-5-7-10(19-3)12(9)15/h5-7H,4H2,1-3H3,(H,17,18). The van der Waals surface area contributed by atoms with Gasteiger partial charge in [0.25, 0.3) is 0 Å². The van der Waals surface area contributed by atoms with Crippen molar-refractivity contribution in [2.45, 2.75) is 20.4 Å². The normalized spacial score (nSPS) is 10.7. The number of carboxylic acid groups (broad SMARTS) is 1. The third-order valence-corrected chi connectivity index (χ3v) is 3.26. The van der Waals surface area contributed by atoms with E-state index < -0.39 is 11.4 Å². The van der Waals surface area contributed by atoms with Gasteiger partial charge in [-0.05, 0) is 26.0 Å². The van der Waals surface area contributed by atoms with E-state index in [9.17, 15) is 14.7 Å². The Bertz CT molecular complexity index is 715. The Hall–Kier alpha value is -2.30. The fraction of sp³-hybridized carbons (Fsp3) is 0.286. The number of rotatable bonds is 3. The first kappa shape index (κ1) is 13.1. The van der Waals surface area contributed by atoms with Crippen molar-refractivity contribution in [1.82, 2.24) is 4.57 Å². The van der Waals surface area contributed by atoms with Gasteiger partial charge in [-0.2, -0.15) is 0 Å². The van der Waals surface area contributed by atoms with E-state index in [1.54, 1.807) is 29.7 Å². The summed E-state index contributed by atoms with van der Waals surface area (Å²) in [6.45, 7) is 4.10. The van der Waals surface area contributed by atoms with Crippen LogP contribution in [-0.2, 0) is 6.54 Å². The van der Waals surface area contributed by atoms with Crippen molar-refractivity contribution < 1.29 is 14.6 Å². The van der Waals surface area contributed by atoms with Crippen LogP contribution in [-0.4, -0.2) is 22.8 Å². The zero-order valence-electron chi connectivity index (χ0n) is 11.1. The molecule has 0 aliphatic heterocycles. The summed E-state index contributed by atoms with van der Waals surface area (Å²) in [7, 11) is 1.53. The van der Waals surface area contributed by atoms with E-state index in [4.69, 9.17) is 4.74 Å². The highest BCUT2D eigenvalue weighted by atomic mass is 16.5. The molecule has 0 saturated heterocycles. The first-order valence-corrected chi connectivity index (χ1v) is 5.96. The molecule has 0 aliphatic rings. The molecule has 0 spiro atoms. The smallest absolute Gasteiger partial charge is 0.341 e. The molecule has 0 amide bonds. The molecule has 1 aromatic heterocycles. The minimum atomic E-state index is -1.20. The molecular formula is C14H15NO4. The van der Waals surface area contributed by atoms with Gasteiger partial charge < -0.3 is 14.4 Å². The van der Waals surface area contributed by atoms with Crippen LogP contribution in [0.3, 0.4) is 0 Å². The van der Waals surface area contributed by atoms with E-state index in [0.717, 1.165) is 0 Å². The first-order valence-electron chi connectivity index (χ1n) is 5.96. The van der Waals surface area contributed by atoms with Crippen LogP contribution in [0.2, 0.25) is 0 Å². The minimum absolute atomic E-state index is 0.178. The summed E-state index contributed by atoms with van der Waals surface area (Å²) in [6.07, 6.45) is 0. The molecule has 2 rings (SSSR count). The van der Waals surface area contributed by atoms with Crippen LogP contribution in [0.5, 0.6) is 5.75 Å². The van der Waals surface area contributed by atoms with Gasteiger partial charge in [0.1, 0.15) is 11.3 Å². The molecule has 5 heteroatoms. The van der Waals surface area contributed by atoms with E-state index in [0.29, 0.717) is 28.9 Å². The van der Waals surface area contributed by atoms with Crippen molar-refractivity contribution >= 4 is 16.9 Å². The molecule has 19 heavy (non-hydrogen) atoms. The molecular weight excluding hydrogens is 246 g/mol. The number of methoxy groups -OCH3 is 1. The number of nitrogens with zero attached hydrogens (tertiary/aromatic N) is 1. The average molecular weight is 261 g/mol. The fourth-order valence-corrected chi connectivity index (χ4v) is 2.40. The van der Waals surface area contributed by atoms with E-state index >= 15 is 0 Å². The number of aromatic nitrogens is 1. The zero-order valence-corrected chi connectivity index (χ0v) is 11.1. The summed E-state index contributed by atoms with van der Waals surface area (Å²) in [5.41, 5.74) is 0.434. The third kappa shape index (κ3) is 1.87.